The van der Waals surface area contributed by atoms with E-state index in [1.807, 2.05) is 4.90 Å². The Labute approximate surface area is 106 Å². The Balaban J connectivity index is 2.13. The molecule has 0 bridgehead atoms. The lowest BCUT2D eigenvalue weighted by Crippen LogP contribution is -2.47. The minimum absolute atomic E-state index is 0.354. The molecule has 1 amide bonds. The summed E-state index contributed by atoms with van der Waals surface area (Å²) in [5, 5.41) is 0. The third-order valence-electron chi connectivity index (χ3n) is 3.42. The Hall–Kier alpha value is -0.570. The summed E-state index contributed by atoms with van der Waals surface area (Å²) in [5.41, 5.74) is 0.400. The van der Waals surface area contributed by atoms with E-state index < -0.39 is 0 Å². The SMILES string of the molecule is CN1CCN(C(=O)CCCCC(C)(C)C)CC1. The number of carbonyl (C=O) groups is 1. The van der Waals surface area contributed by atoms with Gasteiger partial charge in [-0.25, -0.2) is 0 Å². The fraction of sp³-hybridized carbons (Fsp3) is 0.929. The Bertz CT molecular complexity index is 237. The molecule has 17 heavy (non-hydrogen) atoms. The van der Waals surface area contributed by atoms with Gasteiger partial charge in [0.05, 0.1) is 0 Å². The Kier molecular flexibility index (Phi) is 5.44. The third kappa shape index (κ3) is 6.06. The van der Waals surface area contributed by atoms with Gasteiger partial charge < -0.3 is 9.80 Å². The van der Waals surface area contributed by atoms with Crippen LogP contribution in [0.2, 0.25) is 0 Å². The van der Waals surface area contributed by atoms with E-state index in [9.17, 15) is 4.79 Å². The normalized spacial score (nSPS) is 18.5. The average molecular weight is 240 g/mol. The first-order valence-electron chi connectivity index (χ1n) is 6.85. The van der Waals surface area contributed by atoms with Crippen LogP contribution in [0.5, 0.6) is 0 Å². The van der Waals surface area contributed by atoms with Crippen LogP contribution in [-0.4, -0.2) is 48.9 Å². The van der Waals surface area contributed by atoms with E-state index >= 15 is 0 Å². The number of rotatable bonds is 4. The lowest BCUT2D eigenvalue weighted by Gasteiger charge is -2.32. The zero-order valence-electron chi connectivity index (χ0n) is 12.0. The van der Waals surface area contributed by atoms with Crippen molar-refractivity contribution in [2.45, 2.75) is 46.5 Å². The number of likely N-dealkylation sites (N-methyl/N-ethyl adjacent to an activating group) is 1. The minimum atomic E-state index is 0.354. The second kappa shape index (κ2) is 6.39. The van der Waals surface area contributed by atoms with E-state index in [4.69, 9.17) is 0 Å². The van der Waals surface area contributed by atoms with Gasteiger partial charge in [-0.05, 0) is 25.3 Å². The maximum Gasteiger partial charge on any atom is 0.222 e. The molecule has 0 N–H and O–H groups in total. The Morgan fingerprint density at radius 3 is 2.18 bits per heavy atom. The lowest BCUT2D eigenvalue weighted by atomic mass is 9.89. The van der Waals surface area contributed by atoms with Gasteiger partial charge in [-0.1, -0.05) is 27.2 Å². The van der Waals surface area contributed by atoms with Crippen LogP contribution in [-0.2, 0) is 4.79 Å². The molecule has 0 spiro atoms. The molecule has 0 aromatic heterocycles. The number of unbranched alkanes of at least 4 members (excludes halogenated alkanes) is 1. The van der Waals surface area contributed by atoms with Crippen molar-refractivity contribution in [1.29, 1.82) is 0 Å². The monoisotopic (exact) mass is 240 g/mol. The second-order valence-corrected chi connectivity index (χ2v) is 6.45. The molecule has 0 aromatic carbocycles. The van der Waals surface area contributed by atoms with E-state index in [1.54, 1.807) is 0 Å². The van der Waals surface area contributed by atoms with Crippen molar-refractivity contribution in [1.82, 2.24) is 9.80 Å². The zero-order valence-corrected chi connectivity index (χ0v) is 12.0. The molecule has 1 aliphatic rings. The number of nitrogens with zero attached hydrogens (tertiary/aromatic N) is 2. The predicted octanol–water partition coefficient (Wildman–Crippen LogP) is 2.37. The van der Waals surface area contributed by atoms with Gasteiger partial charge in [0.15, 0.2) is 0 Å². The zero-order chi connectivity index (χ0) is 12.9. The second-order valence-electron chi connectivity index (χ2n) is 6.45. The third-order valence-corrected chi connectivity index (χ3v) is 3.42. The molecule has 1 aliphatic heterocycles. The van der Waals surface area contributed by atoms with Gasteiger partial charge in [0, 0.05) is 32.6 Å². The van der Waals surface area contributed by atoms with Gasteiger partial charge in [0.2, 0.25) is 5.91 Å². The molecule has 1 rings (SSSR count). The molecule has 1 saturated heterocycles. The highest BCUT2D eigenvalue weighted by Gasteiger charge is 2.18. The molecule has 100 valence electrons. The first-order chi connectivity index (χ1) is 7.88. The number of piperazine rings is 1. The first-order valence-corrected chi connectivity index (χ1v) is 6.85. The molecule has 0 radical (unpaired) electrons. The molecular formula is C14H28N2O. The van der Waals surface area contributed by atoms with Gasteiger partial charge in [-0.15, -0.1) is 0 Å². The van der Waals surface area contributed by atoms with E-state index in [2.05, 4.69) is 32.7 Å². The molecule has 3 nitrogen and oxygen atoms in total. The van der Waals surface area contributed by atoms with Gasteiger partial charge in [-0.2, -0.15) is 0 Å². The fourth-order valence-corrected chi connectivity index (χ4v) is 2.15. The number of carbonyl (C=O) groups excluding carboxylic acids is 1. The van der Waals surface area contributed by atoms with Crippen molar-refractivity contribution in [3.8, 4) is 0 Å². The summed E-state index contributed by atoms with van der Waals surface area (Å²) in [6, 6.07) is 0. The van der Waals surface area contributed by atoms with Crippen LogP contribution in [0.4, 0.5) is 0 Å². The van der Waals surface area contributed by atoms with Crippen molar-refractivity contribution in [2.75, 3.05) is 33.2 Å². The van der Waals surface area contributed by atoms with E-state index in [0.29, 0.717) is 11.3 Å². The molecule has 0 atom stereocenters. The number of hydrogen-bond acceptors (Lipinski definition) is 2. The summed E-state index contributed by atoms with van der Waals surface area (Å²) >= 11 is 0. The highest BCUT2D eigenvalue weighted by molar-refractivity contribution is 5.76. The first kappa shape index (κ1) is 14.5. The smallest absolute Gasteiger partial charge is 0.222 e. The lowest BCUT2D eigenvalue weighted by molar-refractivity contribution is -0.132. The highest BCUT2D eigenvalue weighted by Crippen LogP contribution is 2.22. The number of amides is 1. The van der Waals surface area contributed by atoms with Gasteiger partial charge in [0.25, 0.3) is 0 Å². The van der Waals surface area contributed by atoms with E-state index in [-0.39, 0.29) is 0 Å². The predicted molar refractivity (Wildman–Crippen MR) is 72.0 cm³/mol. The molecule has 1 heterocycles. The fourth-order valence-electron chi connectivity index (χ4n) is 2.15. The summed E-state index contributed by atoms with van der Waals surface area (Å²) in [7, 11) is 2.12. The van der Waals surface area contributed by atoms with Crippen molar-refractivity contribution in [3.05, 3.63) is 0 Å². The summed E-state index contributed by atoms with van der Waals surface area (Å²) in [5.74, 6) is 0.354. The van der Waals surface area contributed by atoms with E-state index in [1.165, 1.54) is 12.8 Å². The maximum absolute atomic E-state index is 11.9. The van der Waals surface area contributed by atoms with Gasteiger partial charge >= 0.3 is 0 Å². The van der Waals surface area contributed by atoms with Crippen molar-refractivity contribution in [3.63, 3.8) is 0 Å². The van der Waals surface area contributed by atoms with Crippen LogP contribution < -0.4 is 0 Å². The van der Waals surface area contributed by atoms with Crippen molar-refractivity contribution < 1.29 is 4.79 Å². The van der Waals surface area contributed by atoms with Gasteiger partial charge in [0.1, 0.15) is 0 Å². The van der Waals surface area contributed by atoms with Crippen LogP contribution in [0.15, 0.2) is 0 Å². The molecule has 3 heteroatoms. The standard InChI is InChI=1S/C14H28N2O/c1-14(2,3)8-6-5-7-13(17)16-11-9-15(4)10-12-16/h5-12H2,1-4H3. The Morgan fingerprint density at radius 2 is 1.65 bits per heavy atom. The van der Waals surface area contributed by atoms with Crippen LogP contribution >= 0.6 is 0 Å². The van der Waals surface area contributed by atoms with Crippen molar-refractivity contribution in [2.24, 2.45) is 5.41 Å². The summed E-state index contributed by atoms with van der Waals surface area (Å²) in [6.45, 7) is 10.6. The maximum atomic E-state index is 11.9. The molecule has 0 aliphatic carbocycles. The average Bonchev–Trinajstić information content (AvgIpc) is 2.24. The van der Waals surface area contributed by atoms with Gasteiger partial charge in [-0.3, -0.25) is 4.79 Å². The number of hydrogen-bond donors (Lipinski definition) is 0. The molecule has 1 fully saturated rings. The van der Waals surface area contributed by atoms with Crippen molar-refractivity contribution >= 4 is 5.91 Å². The van der Waals surface area contributed by atoms with Crippen LogP contribution in [0.3, 0.4) is 0 Å². The topological polar surface area (TPSA) is 23.6 Å². The summed E-state index contributed by atoms with van der Waals surface area (Å²) < 4.78 is 0. The minimum Gasteiger partial charge on any atom is -0.340 e. The molecular weight excluding hydrogens is 212 g/mol. The van der Waals surface area contributed by atoms with Crippen LogP contribution in [0, 0.1) is 5.41 Å². The highest BCUT2D eigenvalue weighted by atomic mass is 16.2. The van der Waals surface area contributed by atoms with E-state index in [0.717, 1.165) is 39.0 Å². The Morgan fingerprint density at radius 1 is 1.06 bits per heavy atom. The molecule has 0 aromatic rings. The summed E-state index contributed by atoms with van der Waals surface area (Å²) in [6.07, 6.45) is 4.16. The molecule has 0 unspecified atom stereocenters. The van der Waals surface area contributed by atoms with Crippen LogP contribution in [0.1, 0.15) is 46.5 Å². The summed E-state index contributed by atoms with van der Waals surface area (Å²) in [4.78, 5) is 16.2. The molecule has 0 saturated carbocycles. The quantitative estimate of drug-likeness (QED) is 0.704. The van der Waals surface area contributed by atoms with Crippen LogP contribution in [0.25, 0.3) is 0 Å². The largest absolute Gasteiger partial charge is 0.340 e.